The molecule has 0 heterocycles. The zero-order valence-electron chi connectivity index (χ0n) is 53.8. The van der Waals surface area contributed by atoms with Gasteiger partial charge in [0.15, 0.2) is 12.2 Å². The summed E-state index contributed by atoms with van der Waals surface area (Å²) in [6, 6.07) is 0. The maximum Gasteiger partial charge on any atom is 0.472 e. The van der Waals surface area contributed by atoms with Gasteiger partial charge in [-0.25, -0.2) is 9.13 Å². The van der Waals surface area contributed by atoms with Gasteiger partial charge < -0.3 is 33.8 Å². The fraction of sp³-hybridized carbons (Fsp3) is 0.938. The molecule has 17 nitrogen and oxygen atoms in total. The molecule has 5 unspecified atom stereocenters. The van der Waals surface area contributed by atoms with Gasteiger partial charge in [-0.2, -0.15) is 0 Å². The molecule has 0 radical (unpaired) electrons. The van der Waals surface area contributed by atoms with Crippen LogP contribution in [0.3, 0.4) is 0 Å². The first-order chi connectivity index (χ1) is 39.7. The van der Waals surface area contributed by atoms with Gasteiger partial charge in [0.1, 0.15) is 19.3 Å². The molecule has 0 aliphatic carbocycles. The Morgan fingerprint density at radius 2 is 0.578 bits per heavy atom. The number of unbranched alkanes of at least 4 members (excludes halogenated alkanes) is 25. The van der Waals surface area contributed by atoms with Crippen molar-refractivity contribution in [1.29, 1.82) is 0 Å². The minimum absolute atomic E-state index is 0.102. The normalized spacial score (nSPS) is 15.1. The molecule has 0 bridgehead atoms. The Balaban J connectivity index is 5.26. The van der Waals surface area contributed by atoms with E-state index in [4.69, 9.17) is 37.0 Å². The van der Waals surface area contributed by atoms with Gasteiger partial charge in [-0.3, -0.25) is 37.3 Å². The molecule has 0 saturated heterocycles. The highest BCUT2D eigenvalue weighted by Gasteiger charge is 2.30. The van der Waals surface area contributed by atoms with Crippen LogP contribution in [0, 0.1) is 23.7 Å². The van der Waals surface area contributed by atoms with Crippen LogP contribution in [-0.2, 0) is 65.4 Å². The van der Waals surface area contributed by atoms with E-state index in [0.717, 1.165) is 108 Å². The number of carbonyl (C=O) groups excluding carboxylic acids is 4. The Labute approximate surface area is 505 Å². The number of esters is 4. The van der Waals surface area contributed by atoms with Gasteiger partial charge in [0, 0.05) is 25.7 Å². The predicted molar refractivity (Wildman–Crippen MR) is 331 cm³/mol. The molecule has 83 heavy (non-hydrogen) atoms. The largest absolute Gasteiger partial charge is 0.472 e. The number of carbonyl (C=O) groups is 4. The SMILES string of the molecule is CCC(C)CCCCCCCCCCC(=O)OC[C@H](COP(=O)(O)OCC(O)COP(=O)(O)OC[C@@H](COC(=O)CCCCCCCCCCC(C)C)OC(=O)CCCCCCCCCC(C)C)OC(=O)CCCCCCCCC(C)CC. The number of phosphoric acid groups is 2. The molecule has 0 amide bonds. The molecule has 0 saturated carbocycles. The van der Waals surface area contributed by atoms with Gasteiger partial charge in [-0.1, -0.05) is 254 Å². The van der Waals surface area contributed by atoms with Crippen LogP contribution in [0.1, 0.15) is 306 Å². The summed E-state index contributed by atoms with van der Waals surface area (Å²) in [6.07, 6.45) is 33.6. The van der Waals surface area contributed by atoms with E-state index in [2.05, 4.69) is 55.4 Å². The van der Waals surface area contributed by atoms with E-state index >= 15 is 0 Å². The lowest BCUT2D eigenvalue weighted by atomic mass is 9.99. The Morgan fingerprint density at radius 1 is 0.337 bits per heavy atom. The van der Waals surface area contributed by atoms with E-state index < -0.39 is 97.5 Å². The summed E-state index contributed by atoms with van der Waals surface area (Å²) < 4.78 is 68.0. The summed E-state index contributed by atoms with van der Waals surface area (Å²) in [5.74, 6) is 0.777. The van der Waals surface area contributed by atoms with E-state index in [1.54, 1.807) is 0 Å². The summed E-state index contributed by atoms with van der Waals surface area (Å²) in [5.41, 5.74) is 0. The van der Waals surface area contributed by atoms with Gasteiger partial charge >= 0.3 is 39.5 Å². The van der Waals surface area contributed by atoms with Crippen LogP contribution in [0.2, 0.25) is 0 Å². The number of ether oxygens (including phenoxy) is 4. The lowest BCUT2D eigenvalue weighted by Crippen LogP contribution is -2.30. The third kappa shape index (κ3) is 56.3. The number of hydrogen-bond acceptors (Lipinski definition) is 15. The molecule has 0 aromatic heterocycles. The van der Waals surface area contributed by atoms with Crippen molar-refractivity contribution in [3.63, 3.8) is 0 Å². The third-order valence-corrected chi connectivity index (χ3v) is 17.2. The van der Waals surface area contributed by atoms with Gasteiger partial charge in [0.25, 0.3) is 0 Å². The predicted octanol–water partition coefficient (Wildman–Crippen LogP) is 17.4. The van der Waals surface area contributed by atoms with Gasteiger partial charge in [-0.05, 0) is 49.4 Å². The Hall–Kier alpha value is -1.94. The number of aliphatic hydroxyl groups is 1. The van der Waals surface area contributed by atoms with E-state index in [9.17, 15) is 43.2 Å². The van der Waals surface area contributed by atoms with Crippen LogP contribution in [-0.4, -0.2) is 96.7 Å². The molecule has 19 heteroatoms. The zero-order valence-corrected chi connectivity index (χ0v) is 55.6. The quantitative estimate of drug-likeness (QED) is 0.0222. The molecule has 0 aromatic carbocycles. The first-order valence-electron chi connectivity index (χ1n) is 33.3. The first kappa shape index (κ1) is 81.1. The van der Waals surface area contributed by atoms with E-state index in [1.165, 1.54) is 109 Å². The van der Waals surface area contributed by atoms with Crippen LogP contribution in [0.25, 0.3) is 0 Å². The van der Waals surface area contributed by atoms with Crippen molar-refractivity contribution >= 4 is 39.5 Å². The molecule has 492 valence electrons. The van der Waals surface area contributed by atoms with Crippen LogP contribution in [0.5, 0.6) is 0 Å². The molecule has 0 spiro atoms. The zero-order chi connectivity index (χ0) is 61.8. The molecule has 0 rings (SSSR count). The summed E-state index contributed by atoms with van der Waals surface area (Å²) >= 11 is 0. The van der Waals surface area contributed by atoms with Gasteiger partial charge in [0.05, 0.1) is 26.4 Å². The highest BCUT2D eigenvalue weighted by molar-refractivity contribution is 7.47. The summed E-state index contributed by atoms with van der Waals surface area (Å²) in [4.78, 5) is 72.2. The lowest BCUT2D eigenvalue weighted by Gasteiger charge is -2.21. The van der Waals surface area contributed by atoms with Crippen molar-refractivity contribution < 1.29 is 80.2 Å². The molecule has 0 fully saturated rings. The van der Waals surface area contributed by atoms with Gasteiger partial charge in [0.2, 0.25) is 0 Å². The van der Waals surface area contributed by atoms with E-state index in [1.807, 2.05) is 0 Å². The van der Waals surface area contributed by atoms with E-state index in [-0.39, 0.29) is 25.7 Å². The third-order valence-electron chi connectivity index (χ3n) is 15.3. The lowest BCUT2D eigenvalue weighted by molar-refractivity contribution is -0.161. The molecule has 0 aromatic rings. The minimum atomic E-state index is -4.95. The fourth-order valence-electron chi connectivity index (χ4n) is 9.36. The Morgan fingerprint density at radius 3 is 0.855 bits per heavy atom. The second-order valence-corrected chi connectivity index (χ2v) is 27.5. The molecular weight excluding hydrogens is 1100 g/mol. The standard InChI is InChI=1S/C64H124O17P2/c1-9-56(7)42-34-26-18-12-14-20-29-37-45-62(67)75-51-60(81-64(69)47-39-31-23-22-27-35-43-57(8)10-2)53-79-83(72,73)77-49-58(65)48-76-82(70,71)78-52-59(80-63(68)46-38-30-21-15-17-25-33-41-55(5)6)50-74-61(66)44-36-28-19-13-11-16-24-32-40-54(3)4/h54-60,65H,9-53H2,1-8H3,(H,70,71)(H,72,73)/t56?,57?,58?,59-,60-/m1/s1. The smallest absolute Gasteiger partial charge is 0.462 e. The van der Waals surface area contributed by atoms with Crippen molar-refractivity contribution in [2.75, 3.05) is 39.6 Å². The second kappa shape index (κ2) is 54.2. The number of phosphoric ester groups is 2. The summed E-state index contributed by atoms with van der Waals surface area (Å²) in [7, 11) is -9.89. The first-order valence-corrected chi connectivity index (χ1v) is 36.3. The monoisotopic (exact) mass is 1230 g/mol. The molecule has 7 atom stereocenters. The van der Waals surface area contributed by atoms with Crippen LogP contribution in [0.15, 0.2) is 0 Å². The van der Waals surface area contributed by atoms with Crippen LogP contribution in [0.4, 0.5) is 0 Å². The summed E-state index contributed by atoms with van der Waals surface area (Å²) in [6.45, 7) is 13.9. The molecular formula is C64H124O17P2. The van der Waals surface area contributed by atoms with Crippen molar-refractivity contribution in [3.8, 4) is 0 Å². The number of aliphatic hydroxyl groups excluding tert-OH is 1. The van der Waals surface area contributed by atoms with Crippen molar-refractivity contribution in [3.05, 3.63) is 0 Å². The molecule has 0 aliphatic heterocycles. The van der Waals surface area contributed by atoms with Crippen molar-refractivity contribution in [2.45, 2.75) is 324 Å². The number of rotatable bonds is 61. The van der Waals surface area contributed by atoms with Crippen molar-refractivity contribution in [2.24, 2.45) is 23.7 Å². The fourth-order valence-corrected chi connectivity index (χ4v) is 10.9. The topological polar surface area (TPSA) is 237 Å². The van der Waals surface area contributed by atoms with E-state index in [0.29, 0.717) is 31.6 Å². The van der Waals surface area contributed by atoms with Crippen LogP contribution < -0.4 is 0 Å². The molecule has 0 aliphatic rings. The number of hydrogen-bond donors (Lipinski definition) is 3. The maximum absolute atomic E-state index is 13.0. The average molecular weight is 1230 g/mol. The summed E-state index contributed by atoms with van der Waals surface area (Å²) in [5, 5.41) is 10.5. The Bertz CT molecular complexity index is 1670. The molecule has 3 N–H and O–H groups in total. The van der Waals surface area contributed by atoms with Gasteiger partial charge in [-0.15, -0.1) is 0 Å². The van der Waals surface area contributed by atoms with Crippen molar-refractivity contribution in [1.82, 2.24) is 0 Å². The van der Waals surface area contributed by atoms with Crippen LogP contribution >= 0.6 is 15.6 Å². The second-order valence-electron chi connectivity index (χ2n) is 24.6. The maximum atomic E-state index is 13.0. The average Bonchev–Trinajstić information content (AvgIpc) is 3.46. The Kier molecular flexibility index (Phi) is 53.0. The minimum Gasteiger partial charge on any atom is -0.462 e. The highest BCUT2D eigenvalue weighted by atomic mass is 31.2. The highest BCUT2D eigenvalue weighted by Crippen LogP contribution is 2.45.